The van der Waals surface area contributed by atoms with Gasteiger partial charge in [-0.1, -0.05) is 38.9 Å². The third-order valence-corrected chi connectivity index (χ3v) is 8.29. The van der Waals surface area contributed by atoms with Gasteiger partial charge >= 0.3 is 6.09 Å². The topological polar surface area (TPSA) is 49.3 Å². The molecule has 3 nitrogen and oxygen atoms in total. The Bertz CT molecular complexity index is 138. The molecule has 0 saturated carbocycles. The van der Waals surface area contributed by atoms with E-state index in [1.54, 1.807) is 0 Å². The second-order valence-corrected chi connectivity index (χ2v) is 8.69. The third kappa shape index (κ3) is 3.26. The summed E-state index contributed by atoms with van der Waals surface area (Å²) < 4.78 is 0. The number of nitrogens with one attached hydrogen (secondary N) is 1. The summed E-state index contributed by atoms with van der Waals surface area (Å²) in [4.78, 5) is 10.3. The molecule has 12 heavy (non-hydrogen) atoms. The molecule has 0 saturated heterocycles. The van der Waals surface area contributed by atoms with Crippen LogP contribution in [0.5, 0.6) is 0 Å². The average molecular weight is 189 g/mol. The molecule has 0 atom stereocenters. The highest BCUT2D eigenvalue weighted by molar-refractivity contribution is 6.80. The van der Waals surface area contributed by atoms with Crippen LogP contribution >= 0.6 is 0 Å². The summed E-state index contributed by atoms with van der Waals surface area (Å²) in [6, 6.07) is 3.50. The van der Waals surface area contributed by atoms with Gasteiger partial charge in [-0.25, -0.2) is 4.79 Å². The number of rotatable bonds is 5. The largest absolute Gasteiger partial charge is 0.465 e. The minimum atomic E-state index is -1.27. The van der Waals surface area contributed by atoms with Gasteiger partial charge in [-0.05, 0) is 0 Å². The van der Waals surface area contributed by atoms with Crippen LogP contribution in [0.3, 0.4) is 0 Å². The molecule has 0 aromatic heterocycles. The molecule has 0 bridgehead atoms. The Morgan fingerprint density at radius 1 is 1.25 bits per heavy atom. The molecule has 0 heterocycles. The van der Waals surface area contributed by atoms with Crippen molar-refractivity contribution in [1.82, 2.24) is 5.32 Å². The van der Waals surface area contributed by atoms with Crippen LogP contribution in [0.15, 0.2) is 0 Å². The molecule has 0 aromatic rings. The maximum atomic E-state index is 10.3. The van der Waals surface area contributed by atoms with Gasteiger partial charge in [-0.15, -0.1) is 0 Å². The highest BCUT2D eigenvalue weighted by atomic mass is 28.3. The molecule has 4 heteroatoms. The lowest BCUT2D eigenvalue weighted by Crippen LogP contribution is -2.45. The molecule has 0 rings (SSSR count). The molecule has 0 spiro atoms. The van der Waals surface area contributed by atoms with Crippen LogP contribution in [0.1, 0.15) is 20.8 Å². The van der Waals surface area contributed by atoms with Crippen LogP contribution in [-0.4, -0.2) is 25.4 Å². The van der Waals surface area contributed by atoms with Crippen molar-refractivity contribution in [3.8, 4) is 0 Å². The fourth-order valence-electron chi connectivity index (χ4n) is 1.39. The average Bonchev–Trinajstić information content (AvgIpc) is 2.08. The molecule has 0 radical (unpaired) electrons. The van der Waals surface area contributed by atoms with Crippen LogP contribution < -0.4 is 5.32 Å². The minimum Gasteiger partial charge on any atom is -0.465 e. The highest BCUT2D eigenvalue weighted by Crippen LogP contribution is 2.18. The molecular weight excluding hydrogens is 170 g/mol. The second-order valence-electron chi connectivity index (χ2n) is 3.22. The predicted molar refractivity (Wildman–Crippen MR) is 53.2 cm³/mol. The summed E-state index contributed by atoms with van der Waals surface area (Å²) >= 11 is 0. The monoisotopic (exact) mass is 189 g/mol. The lowest BCUT2D eigenvalue weighted by atomic mass is 10.9. The molecular formula is C8H19NO2Si. The lowest BCUT2D eigenvalue weighted by Gasteiger charge is -2.27. The van der Waals surface area contributed by atoms with Crippen molar-refractivity contribution in [2.24, 2.45) is 0 Å². The summed E-state index contributed by atoms with van der Waals surface area (Å²) in [7, 11) is -1.27. The first-order valence-electron chi connectivity index (χ1n) is 4.57. The van der Waals surface area contributed by atoms with Gasteiger partial charge in [0.1, 0.15) is 0 Å². The maximum Gasteiger partial charge on any atom is 0.404 e. The first-order chi connectivity index (χ1) is 5.60. The van der Waals surface area contributed by atoms with Gasteiger partial charge in [0.05, 0.1) is 8.07 Å². The molecule has 2 N–H and O–H groups in total. The van der Waals surface area contributed by atoms with Gasteiger partial charge in [-0.2, -0.15) is 0 Å². The number of hydrogen-bond acceptors (Lipinski definition) is 1. The number of carboxylic acid groups (broad SMARTS) is 1. The number of carbonyl (C=O) groups is 1. The molecule has 0 unspecified atom stereocenters. The van der Waals surface area contributed by atoms with E-state index >= 15 is 0 Å². The summed E-state index contributed by atoms with van der Waals surface area (Å²) in [6.07, 6.45) is -0.173. The normalized spacial score (nSPS) is 11.2. The molecule has 1 amide bonds. The summed E-state index contributed by atoms with van der Waals surface area (Å²) in [6.45, 7) is 6.51. The second kappa shape index (κ2) is 5.19. The van der Waals surface area contributed by atoms with Crippen molar-refractivity contribution in [2.75, 3.05) is 6.17 Å². The van der Waals surface area contributed by atoms with Gasteiger partial charge in [0.15, 0.2) is 0 Å². The van der Waals surface area contributed by atoms with Crippen LogP contribution in [0.4, 0.5) is 4.79 Å². The van der Waals surface area contributed by atoms with E-state index in [1.165, 1.54) is 18.1 Å². The molecule has 0 aliphatic heterocycles. The van der Waals surface area contributed by atoms with Crippen LogP contribution in [-0.2, 0) is 0 Å². The Balaban J connectivity index is 4.01. The quantitative estimate of drug-likeness (QED) is 0.652. The number of hydrogen-bond donors (Lipinski definition) is 2. The van der Waals surface area contributed by atoms with E-state index in [9.17, 15) is 4.79 Å². The van der Waals surface area contributed by atoms with E-state index < -0.39 is 14.2 Å². The fraction of sp³-hybridized carbons (Fsp3) is 0.875. The molecule has 0 aliphatic carbocycles. The lowest BCUT2D eigenvalue weighted by molar-refractivity contribution is 0.196. The van der Waals surface area contributed by atoms with Crippen molar-refractivity contribution in [3.63, 3.8) is 0 Å². The van der Waals surface area contributed by atoms with Crippen LogP contribution in [0.2, 0.25) is 18.1 Å². The number of amides is 1. The Morgan fingerprint density at radius 2 is 1.67 bits per heavy atom. The van der Waals surface area contributed by atoms with Crippen LogP contribution in [0.25, 0.3) is 0 Å². The van der Waals surface area contributed by atoms with Crippen molar-refractivity contribution in [1.29, 1.82) is 0 Å². The zero-order valence-corrected chi connectivity index (χ0v) is 9.18. The van der Waals surface area contributed by atoms with Crippen molar-refractivity contribution in [3.05, 3.63) is 0 Å². The minimum absolute atomic E-state index is 0.714. The first-order valence-corrected chi connectivity index (χ1v) is 7.40. The summed E-state index contributed by atoms with van der Waals surface area (Å²) in [5, 5.41) is 11.0. The van der Waals surface area contributed by atoms with Gasteiger partial charge in [0, 0.05) is 6.17 Å². The van der Waals surface area contributed by atoms with E-state index in [2.05, 4.69) is 26.1 Å². The van der Waals surface area contributed by atoms with Gasteiger partial charge in [-0.3, -0.25) is 0 Å². The zero-order chi connectivity index (χ0) is 9.61. The molecule has 0 aromatic carbocycles. The molecule has 0 aliphatic rings. The Kier molecular flexibility index (Phi) is 4.97. The molecule has 72 valence electrons. The standard InChI is InChI=1S/C8H19NO2Si/c1-4-12(5-2,6-3)7-9-8(10)11/h9H,4-7H2,1-3H3,(H,10,11). The van der Waals surface area contributed by atoms with Gasteiger partial charge in [0.2, 0.25) is 0 Å². The van der Waals surface area contributed by atoms with E-state index in [4.69, 9.17) is 5.11 Å². The van der Waals surface area contributed by atoms with E-state index in [1.807, 2.05) is 0 Å². The Labute approximate surface area is 75.2 Å². The Morgan fingerprint density at radius 3 is 1.92 bits per heavy atom. The summed E-state index contributed by atoms with van der Waals surface area (Å²) in [5.41, 5.74) is 0. The smallest absolute Gasteiger partial charge is 0.404 e. The van der Waals surface area contributed by atoms with Crippen molar-refractivity contribution < 1.29 is 9.90 Å². The van der Waals surface area contributed by atoms with Crippen molar-refractivity contribution in [2.45, 2.75) is 38.9 Å². The highest BCUT2D eigenvalue weighted by Gasteiger charge is 2.26. The van der Waals surface area contributed by atoms with E-state index in [0.29, 0.717) is 6.17 Å². The molecule has 0 fully saturated rings. The SMILES string of the molecule is CC[Si](CC)(CC)CNC(=O)O. The van der Waals surface area contributed by atoms with Gasteiger partial charge < -0.3 is 10.4 Å². The predicted octanol–water partition coefficient (Wildman–Crippen LogP) is 2.30. The van der Waals surface area contributed by atoms with E-state index in [0.717, 1.165) is 0 Å². The van der Waals surface area contributed by atoms with E-state index in [-0.39, 0.29) is 0 Å². The summed E-state index contributed by atoms with van der Waals surface area (Å²) in [5.74, 6) is 0. The van der Waals surface area contributed by atoms with Crippen molar-refractivity contribution >= 4 is 14.2 Å². The Hall–Kier alpha value is -0.513. The maximum absolute atomic E-state index is 10.3. The van der Waals surface area contributed by atoms with Gasteiger partial charge in [0.25, 0.3) is 0 Å². The fourth-order valence-corrected chi connectivity index (χ4v) is 4.16. The third-order valence-electron chi connectivity index (χ3n) is 2.86. The zero-order valence-electron chi connectivity index (χ0n) is 8.18. The first kappa shape index (κ1) is 11.5. The van der Waals surface area contributed by atoms with Crippen LogP contribution in [0, 0.1) is 0 Å².